The summed E-state index contributed by atoms with van der Waals surface area (Å²) in [5, 5.41) is 16.4. The van der Waals surface area contributed by atoms with Gasteiger partial charge in [-0.1, -0.05) is 5.11 Å². The lowest BCUT2D eigenvalue weighted by Gasteiger charge is -2.03. The summed E-state index contributed by atoms with van der Waals surface area (Å²) >= 11 is 0. The van der Waals surface area contributed by atoms with Crippen molar-refractivity contribution in [3.8, 4) is 0 Å². The SMILES string of the molecule is NC1([N+](=O)[O-])C=CN=N1. The van der Waals surface area contributed by atoms with Crippen LogP contribution in [0.1, 0.15) is 0 Å². The Morgan fingerprint density at radius 2 is 2.44 bits per heavy atom. The van der Waals surface area contributed by atoms with Crippen molar-refractivity contribution in [2.75, 3.05) is 0 Å². The minimum absolute atomic E-state index is 0.708. The molecule has 0 fully saturated rings. The van der Waals surface area contributed by atoms with Crippen molar-refractivity contribution in [3.05, 3.63) is 22.4 Å². The molecule has 1 heterocycles. The van der Waals surface area contributed by atoms with Crippen LogP contribution in [0.15, 0.2) is 22.5 Å². The third-order valence-electron chi connectivity index (χ3n) is 0.897. The molecule has 1 atom stereocenters. The quantitative estimate of drug-likeness (QED) is 0.302. The average Bonchev–Trinajstić information content (AvgIpc) is 2.16. The van der Waals surface area contributed by atoms with Crippen LogP contribution >= 0.6 is 0 Å². The Bertz CT molecular complexity index is 184. The van der Waals surface area contributed by atoms with Crippen molar-refractivity contribution in [2.45, 2.75) is 5.79 Å². The maximum absolute atomic E-state index is 10.00. The Kier molecular flexibility index (Phi) is 1.03. The highest BCUT2D eigenvalue weighted by molar-refractivity contribution is 4.98. The van der Waals surface area contributed by atoms with E-state index in [9.17, 15) is 10.1 Å². The summed E-state index contributed by atoms with van der Waals surface area (Å²) in [5.41, 5.74) is 5.06. The van der Waals surface area contributed by atoms with Crippen LogP contribution in [0.25, 0.3) is 0 Å². The van der Waals surface area contributed by atoms with Gasteiger partial charge in [0, 0.05) is 0 Å². The topological polar surface area (TPSA) is 93.9 Å². The third-order valence-corrected chi connectivity index (χ3v) is 0.897. The minimum atomic E-state index is -1.81. The van der Waals surface area contributed by atoms with Gasteiger partial charge in [-0.3, -0.25) is 10.1 Å². The molecular weight excluding hydrogens is 124 g/mol. The van der Waals surface area contributed by atoms with Crippen LogP contribution in [-0.4, -0.2) is 10.7 Å². The predicted molar refractivity (Wildman–Crippen MR) is 27.9 cm³/mol. The molecule has 2 N–H and O–H groups in total. The maximum Gasteiger partial charge on any atom is 0.408 e. The number of rotatable bonds is 1. The van der Waals surface area contributed by atoms with Gasteiger partial charge in [-0.25, -0.2) is 5.73 Å². The first-order valence-electron chi connectivity index (χ1n) is 2.18. The number of nitro groups is 1. The van der Waals surface area contributed by atoms with Gasteiger partial charge in [0.1, 0.15) is 0 Å². The fourth-order valence-corrected chi connectivity index (χ4v) is 0.400. The van der Waals surface area contributed by atoms with Crippen molar-refractivity contribution in [1.29, 1.82) is 0 Å². The van der Waals surface area contributed by atoms with Crippen LogP contribution < -0.4 is 5.73 Å². The predicted octanol–water partition coefficient (Wildman–Crippen LogP) is -0.145. The molecule has 1 rings (SSSR count). The van der Waals surface area contributed by atoms with E-state index in [0.717, 1.165) is 6.08 Å². The van der Waals surface area contributed by atoms with Gasteiger partial charge in [-0.2, -0.15) is 5.11 Å². The highest BCUT2D eigenvalue weighted by Crippen LogP contribution is 2.12. The standard InChI is InChI=1S/C3H4N4O2/c4-3(7(8)9)1-2-5-6-3/h1-2H,4H2. The molecule has 0 saturated heterocycles. The largest absolute Gasteiger partial charge is 0.408 e. The van der Waals surface area contributed by atoms with Gasteiger partial charge < -0.3 is 0 Å². The lowest BCUT2D eigenvalue weighted by molar-refractivity contribution is -0.552. The fourth-order valence-electron chi connectivity index (χ4n) is 0.400. The van der Waals surface area contributed by atoms with E-state index >= 15 is 0 Å². The van der Waals surface area contributed by atoms with E-state index in [-0.39, 0.29) is 0 Å². The van der Waals surface area contributed by atoms with E-state index in [1.54, 1.807) is 0 Å². The summed E-state index contributed by atoms with van der Waals surface area (Å²) in [7, 11) is 0. The van der Waals surface area contributed by atoms with Gasteiger partial charge in [0.05, 0.1) is 17.2 Å². The Balaban J connectivity index is 2.88. The van der Waals surface area contributed by atoms with Crippen LogP contribution in [0, 0.1) is 10.1 Å². The van der Waals surface area contributed by atoms with E-state index in [1.807, 2.05) is 0 Å². The number of hydrogen-bond donors (Lipinski definition) is 1. The molecule has 48 valence electrons. The van der Waals surface area contributed by atoms with Gasteiger partial charge in [0.25, 0.3) is 0 Å². The molecule has 0 aromatic rings. The first kappa shape index (κ1) is 5.83. The lowest BCUT2D eigenvalue weighted by atomic mass is 10.4. The summed E-state index contributed by atoms with van der Waals surface area (Å²) < 4.78 is 0. The van der Waals surface area contributed by atoms with Crippen LogP contribution in [0.2, 0.25) is 0 Å². The van der Waals surface area contributed by atoms with Gasteiger partial charge in [-0.15, -0.1) is 0 Å². The molecule has 0 aromatic carbocycles. The number of azo groups is 1. The Hall–Kier alpha value is -1.30. The van der Waals surface area contributed by atoms with E-state index < -0.39 is 10.7 Å². The van der Waals surface area contributed by atoms with Crippen molar-refractivity contribution in [1.82, 2.24) is 0 Å². The lowest BCUT2D eigenvalue weighted by Crippen LogP contribution is -2.42. The van der Waals surface area contributed by atoms with Crippen LogP contribution in [0.5, 0.6) is 0 Å². The molecule has 0 saturated carbocycles. The molecule has 1 aliphatic heterocycles. The number of nitrogens with zero attached hydrogens (tertiary/aromatic N) is 3. The Morgan fingerprint density at radius 1 is 1.78 bits per heavy atom. The summed E-state index contributed by atoms with van der Waals surface area (Å²) in [5.74, 6) is -1.81. The summed E-state index contributed by atoms with van der Waals surface area (Å²) in [6.07, 6.45) is 2.32. The van der Waals surface area contributed by atoms with Crippen molar-refractivity contribution in [3.63, 3.8) is 0 Å². The second-order valence-electron chi connectivity index (χ2n) is 1.57. The monoisotopic (exact) mass is 128 g/mol. The molecule has 0 aromatic heterocycles. The van der Waals surface area contributed by atoms with Crippen molar-refractivity contribution in [2.24, 2.45) is 16.0 Å². The van der Waals surface area contributed by atoms with E-state index in [1.165, 1.54) is 6.20 Å². The zero-order valence-electron chi connectivity index (χ0n) is 4.39. The highest BCUT2D eigenvalue weighted by atomic mass is 16.6. The molecule has 0 radical (unpaired) electrons. The minimum Gasteiger partial charge on any atom is -0.261 e. The average molecular weight is 128 g/mol. The molecule has 6 nitrogen and oxygen atoms in total. The zero-order chi connectivity index (χ0) is 6.91. The third kappa shape index (κ3) is 0.789. The van der Waals surface area contributed by atoms with Crippen LogP contribution in [0.4, 0.5) is 0 Å². The fraction of sp³-hybridized carbons (Fsp3) is 0.333. The van der Waals surface area contributed by atoms with Gasteiger partial charge in [-0.05, 0) is 0 Å². The van der Waals surface area contributed by atoms with Crippen molar-refractivity contribution < 1.29 is 4.92 Å². The normalized spacial score (nSPS) is 31.2. The van der Waals surface area contributed by atoms with Crippen molar-refractivity contribution >= 4 is 0 Å². The second kappa shape index (κ2) is 1.59. The number of nitrogens with two attached hydrogens (primary N) is 1. The van der Waals surface area contributed by atoms with E-state index in [2.05, 4.69) is 10.2 Å². The molecule has 0 bridgehead atoms. The Morgan fingerprint density at radius 3 is 2.67 bits per heavy atom. The van der Waals surface area contributed by atoms with Gasteiger partial charge in [0.15, 0.2) is 0 Å². The molecule has 0 amide bonds. The molecule has 0 spiro atoms. The smallest absolute Gasteiger partial charge is 0.261 e. The molecule has 0 aliphatic carbocycles. The number of hydrogen-bond acceptors (Lipinski definition) is 5. The summed E-state index contributed by atoms with van der Waals surface area (Å²) in [6.45, 7) is 0. The van der Waals surface area contributed by atoms with Crippen LogP contribution in [0.3, 0.4) is 0 Å². The first-order chi connectivity index (χ1) is 4.15. The maximum atomic E-state index is 10.00. The molecule has 1 unspecified atom stereocenters. The molecule has 1 aliphatic rings. The van der Waals surface area contributed by atoms with Gasteiger partial charge >= 0.3 is 5.79 Å². The zero-order valence-corrected chi connectivity index (χ0v) is 4.39. The summed E-state index contributed by atoms with van der Waals surface area (Å²) in [6, 6.07) is 0. The van der Waals surface area contributed by atoms with E-state index in [4.69, 9.17) is 5.73 Å². The van der Waals surface area contributed by atoms with Gasteiger partial charge in [0.2, 0.25) is 0 Å². The highest BCUT2D eigenvalue weighted by Gasteiger charge is 2.37. The second-order valence-corrected chi connectivity index (χ2v) is 1.57. The summed E-state index contributed by atoms with van der Waals surface area (Å²) in [4.78, 5) is 9.29. The molecular formula is C3H4N4O2. The molecule has 6 heteroatoms. The molecule has 9 heavy (non-hydrogen) atoms. The van der Waals surface area contributed by atoms with E-state index in [0.29, 0.717) is 0 Å². The first-order valence-corrected chi connectivity index (χ1v) is 2.18. The Labute approximate surface area is 50.2 Å². The van der Waals surface area contributed by atoms with Crippen LogP contribution in [-0.2, 0) is 0 Å².